The Balaban J connectivity index is 2.23. The van der Waals surface area contributed by atoms with Gasteiger partial charge in [0.1, 0.15) is 5.84 Å². The molecule has 1 saturated carbocycles. The fraction of sp³-hybridized carbons (Fsp3) is 0.562. The Morgan fingerprint density at radius 3 is 2.50 bits per heavy atom. The quantitative estimate of drug-likeness (QED) is 0.348. The van der Waals surface area contributed by atoms with E-state index in [1.165, 1.54) is 18.4 Å². The van der Waals surface area contributed by atoms with Gasteiger partial charge in [-0.15, -0.1) is 0 Å². The highest BCUT2D eigenvalue weighted by molar-refractivity contribution is 5.80. The Hall–Kier alpha value is -1.55. The van der Waals surface area contributed by atoms with Gasteiger partial charge in [0.05, 0.1) is 0 Å². The lowest BCUT2D eigenvalue weighted by Gasteiger charge is -2.33. The maximum absolute atomic E-state index is 8.89. The van der Waals surface area contributed by atoms with Gasteiger partial charge in [-0.25, -0.2) is 0 Å². The van der Waals surface area contributed by atoms with Crippen LogP contribution in [0.3, 0.4) is 0 Å². The van der Waals surface area contributed by atoms with Gasteiger partial charge in [0.2, 0.25) is 0 Å². The molecule has 1 aliphatic rings. The van der Waals surface area contributed by atoms with Crippen LogP contribution in [-0.2, 0) is 0 Å². The number of nitrogens with two attached hydrogens (primary N) is 1. The zero-order valence-corrected chi connectivity index (χ0v) is 12.4. The van der Waals surface area contributed by atoms with Crippen LogP contribution in [0.5, 0.6) is 0 Å². The average molecular weight is 275 g/mol. The average Bonchev–Trinajstić information content (AvgIpc) is 3.27. The molecule has 1 aromatic rings. The molecule has 0 saturated heterocycles. The maximum Gasteiger partial charge on any atom is 0.141 e. The van der Waals surface area contributed by atoms with Crippen molar-refractivity contribution in [3.8, 4) is 0 Å². The Morgan fingerprint density at radius 2 is 2.00 bits per heavy atom. The summed E-state index contributed by atoms with van der Waals surface area (Å²) >= 11 is 0. The van der Waals surface area contributed by atoms with E-state index >= 15 is 0 Å². The van der Waals surface area contributed by atoms with Gasteiger partial charge in [-0.05, 0) is 24.3 Å². The topological polar surface area (TPSA) is 61.8 Å². The van der Waals surface area contributed by atoms with Gasteiger partial charge in [-0.2, -0.15) is 0 Å². The molecule has 4 heteroatoms. The smallest absolute Gasteiger partial charge is 0.141 e. The van der Waals surface area contributed by atoms with Crippen LogP contribution < -0.4 is 5.73 Å². The van der Waals surface area contributed by atoms with Crippen molar-refractivity contribution in [1.29, 1.82) is 0 Å². The van der Waals surface area contributed by atoms with Crippen LogP contribution >= 0.6 is 0 Å². The first kappa shape index (κ1) is 14.9. The highest BCUT2D eigenvalue weighted by Crippen LogP contribution is 2.36. The van der Waals surface area contributed by atoms with Crippen molar-refractivity contribution in [3.63, 3.8) is 0 Å². The van der Waals surface area contributed by atoms with E-state index in [9.17, 15) is 0 Å². The summed E-state index contributed by atoms with van der Waals surface area (Å²) in [6.45, 7) is 5.52. The Morgan fingerprint density at radius 1 is 1.35 bits per heavy atom. The number of oxime groups is 1. The Labute approximate surface area is 121 Å². The molecule has 1 fully saturated rings. The highest BCUT2D eigenvalue weighted by atomic mass is 16.4. The van der Waals surface area contributed by atoms with E-state index in [0.29, 0.717) is 24.2 Å². The fourth-order valence-electron chi connectivity index (χ4n) is 2.70. The molecule has 0 amide bonds. The molecule has 0 heterocycles. The number of amidine groups is 1. The van der Waals surface area contributed by atoms with Gasteiger partial charge in [0.25, 0.3) is 0 Å². The number of hydrogen-bond donors (Lipinski definition) is 2. The standard InChI is InChI=1S/C16H25N3O/c1-12(2)11-19(14-8-9-14)15(10-16(17)18-20)13-6-4-3-5-7-13/h3-7,12,14-15,20H,8-11H2,1-2H3,(H2,17,18). The molecule has 1 aliphatic carbocycles. The zero-order valence-electron chi connectivity index (χ0n) is 12.4. The third-order valence-electron chi connectivity index (χ3n) is 3.71. The number of rotatable bonds is 7. The first-order chi connectivity index (χ1) is 9.61. The highest BCUT2D eigenvalue weighted by Gasteiger charge is 2.35. The minimum Gasteiger partial charge on any atom is -0.409 e. The van der Waals surface area contributed by atoms with Gasteiger partial charge in [0.15, 0.2) is 0 Å². The second-order valence-corrected chi connectivity index (χ2v) is 6.04. The summed E-state index contributed by atoms with van der Waals surface area (Å²) in [5, 5.41) is 12.1. The molecule has 0 aliphatic heterocycles. The van der Waals surface area contributed by atoms with Crippen LogP contribution in [0.1, 0.15) is 44.7 Å². The predicted molar refractivity (Wildman–Crippen MR) is 81.8 cm³/mol. The van der Waals surface area contributed by atoms with Crippen LogP contribution in [0.2, 0.25) is 0 Å². The zero-order chi connectivity index (χ0) is 14.5. The van der Waals surface area contributed by atoms with E-state index in [2.05, 4.69) is 48.2 Å². The van der Waals surface area contributed by atoms with Crippen molar-refractivity contribution in [2.45, 2.75) is 45.2 Å². The van der Waals surface area contributed by atoms with Gasteiger partial charge >= 0.3 is 0 Å². The summed E-state index contributed by atoms with van der Waals surface area (Å²) in [5.74, 6) is 0.905. The van der Waals surface area contributed by atoms with Crippen molar-refractivity contribution < 1.29 is 5.21 Å². The van der Waals surface area contributed by atoms with Crippen molar-refractivity contribution in [1.82, 2.24) is 4.90 Å². The second-order valence-electron chi connectivity index (χ2n) is 6.04. The molecule has 0 aromatic heterocycles. The predicted octanol–water partition coefficient (Wildman–Crippen LogP) is 2.98. The number of hydrogen-bond acceptors (Lipinski definition) is 3. The molecule has 20 heavy (non-hydrogen) atoms. The summed E-state index contributed by atoms with van der Waals surface area (Å²) in [6.07, 6.45) is 3.09. The van der Waals surface area contributed by atoms with Gasteiger partial charge in [-0.3, -0.25) is 4.90 Å². The normalized spacial score (nSPS) is 17.7. The van der Waals surface area contributed by atoms with Crippen LogP contribution in [0, 0.1) is 5.92 Å². The minimum absolute atomic E-state index is 0.196. The van der Waals surface area contributed by atoms with Crippen molar-refractivity contribution in [2.75, 3.05) is 6.54 Å². The lowest BCUT2D eigenvalue weighted by atomic mass is 10.00. The third kappa shape index (κ3) is 3.97. The van der Waals surface area contributed by atoms with E-state index in [-0.39, 0.29) is 6.04 Å². The molecular formula is C16H25N3O. The summed E-state index contributed by atoms with van der Waals surface area (Å²) in [6, 6.07) is 11.2. The molecule has 1 atom stereocenters. The monoisotopic (exact) mass is 275 g/mol. The molecule has 4 nitrogen and oxygen atoms in total. The van der Waals surface area contributed by atoms with E-state index in [1.807, 2.05) is 6.07 Å². The Bertz CT molecular complexity index is 440. The first-order valence-electron chi connectivity index (χ1n) is 7.39. The molecular weight excluding hydrogens is 250 g/mol. The molecule has 1 unspecified atom stereocenters. The van der Waals surface area contributed by atoms with Crippen LogP contribution in [0.15, 0.2) is 35.5 Å². The minimum atomic E-state index is 0.196. The van der Waals surface area contributed by atoms with Gasteiger partial charge < -0.3 is 10.9 Å². The van der Waals surface area contributed by atoms with Gasteiger partial charge in [0, 0.05) is 25.0 Å². The summed E-state index contributed by atoms with van der Waals surface area (Å²) in [5.41, 5.74) is 7.02. The molecule has 2 rings (SSSR count). The SMILES string of the molecule is CC(C)CN(C1CC1)C(CC(N)=NO)c1ccccc1. The van der Waals surface area contributed by atoms with Crippen molar-refractivity contribution in [3.05, 3.63) is 35.9 Å². The fourth-order valence-corrected chi connectivity index (χ4v) is 2.70. The molecule has 3 N–H and O–H groups in total. The second kappa shape index (κ2) is 6.75. The van der Waals surface area contributed by atoms with Crippen LogP contribution in [0.4, 0.5) is 0 Å². The number of benzene rings is 1. The Kier molecular flexibility index (Phi) is 5.01. The van der Waals surface area contributed by atoms with Gasteiger partial charge in [-0.1, -0.05) is 49.3 Å². The van der Waals surface area contributed by atoms with E-state index in [1.54, 1.807) is 0 Å². The van der Waals surface area contributed by atoms with E-state index in [0.717, 1.165) is 6.54 Å². The lowest BCUT2D eigenvalue weighted by molar-refractivity contribution is 0.168. The summed E-state index contributed by atoms with van der Waals surface area (Å²) in [7, 11) is 0. The lowest BCUT2D eigenvalue weighted by Crippen LogP contribution is -2.36. The first-order valence-corrected chi connectivity index (χ1v) is 7.39. The maximum atomic E-state index is 8.89. The largest absolute Gasteiger partial charge is 0.409 e. The number of nitrogens with zero attached hydrogens (tertiary/aromatic N) is 2. The summed E-state index contributed by atoms with van der Waals surface area (Å²) in [4.78, 5) is 2.53. The summed E-state index contributed by atoms with van der Waals surface area (Å²) < 4.78 is 0. The van der Waals surface area contributed by atoms with Crippen LogP contribution in [0.25, 0.3) is 0 Å². The van der Waals surface area contributed by atoms with E-state index in [4.69, 9.17) is 10.9 Å². The third-order valence-corrected chi connectivity index (χ3v) is 3.71. The molecule has 0 radical (unpaired) electrons. The van der Waals surface area contributed by atoms with Crippen LogP contribution in [-0.4, -0.2) is 28.5 Å². The van der Waals surface area contributed by atoms with Crippen molar-refractivity contribution >= 4 is 5.84 Å². The molecule has 1 aromatic carbocycles. The van der Waals surface area contributed by atoms with E-state index < -0.39 is 0 Å². The van der Waals surface area contributed by atoms with Crippen molar-refractivity contribution in [2.24, 2.45) is 16.8 Å². The molecule has 110 valence electrons. The molecule has 0 spiro atoms. The molecule has 0 bridgehead atoms.